The standard InChI is InChI=1S/C8H11N3O2S/c1-13-8(12)7-4-11(10-9-7)6-2-3-14-5-6/h4,6H,2-3,5H2,1H3/t6-/m1/s1. The summed E-state index contributed by atoms with van der Waals surface area (Å²) in [7, 11) is 1.34. The van der Waals surface area contributed by atoms with E-state index in [1.165, 1.54) is 7.11 Å². The van der Waals surface area contributed by atoms with Crippen molar-refractivity contribution in [1.82, 2.24) is 15.0 Å². The number of carbonyl (C=O) groups is 1. The molecule has 2 rings (SSSR count). The Morgan fingerprint density at radius 2 is 2.64 bits per heavy atom. The molecule has 1 fully saturated rings. The Bertz CT molecular complexity index is 333. The van der Waals surface area contributed by atoms with Crippen LogP contribution in [0.25, 0.3) is 0 Å². The molecule has 6 heteroatoms. The smallest absolute Gasteiger partial charge is 0.360 e. The number of thioether (sulfide) groups is 1. The first-order valence-corrected chi connectivity index (χ1v) is 5.54. The Morgan fingerprint density at radius 3 is 3.29 bits per heavy atom. The van der Waals surface area contributed by atoms with E-state index in [0.29, 0.717) is 6.04 Å². The van der Waals surface area contributed by atoms with Crippen LogP contribution in [0.4, 0.5) is 0 Å². The third kappa shape index (κ3) is 1.75. The molecular weight excluding hydrogens is 202 g/mol. The van der Waals surface area contributed by atoms with Crippen molar-refractivity contribution in [2.45, 2.75) is 12.5 Å². The van der Waals surface area contributed by atoms with E-state index in [4.69, 9.17) is 0 Å². The average molecular weight is 213 g/mol. The molecular formula is C8H11N3O2S. The van der Waals surface area contributed by atoms with Gasteiger partial charge >= 0.3 is 5.97 Å². The van der Waals surface area contributed by atoms with Gasteiger partial charge in [-0.3, -0.25) is 0 Å². The Labute approximate surface area is 85.8 Å². The Kier molecular flexibility index (Phi) is 2.72. The van der Waals surface area contributed by atoms with Gasteiger partial charge in [0.05, 0.1) is 19.3 Å². The number of nitrogens with zero attached hydrogens (tertiary/aromatic N) is 3. The van der Waals surface area contributed by atoms with Crippen molar-refractivity contribution >= 4 is 17.7 Å². The molecule has 1 atom stereocenters. The van der Waals surface area contributed by atoms with Gasteiger partial charge in [0.15, 0.2) is 5.69 Å². The van der Waals surface area contributed by atoms with Crippen molar-refractivity contribution < 1.29 is 9.53 Å². The molecule has 1 aliphatic heterocycles. The van der Waals surface area contributed by atoms with Gasteiger partial charge in [0, 0.05) is 5.75 Å². The summed E-state index contributed by atoms with van der Waals surface area (Å²) in [5.41, 5.74) is 0.282. The van der Waals surface area contributed by atoms with E-state index in [0.717, 1.165) is 17.9 Å². The molecule has 14 heavy (non-hydrogen) atoms. The maximum atomic E-state index is 11.1. The minimum Gasteiger partial charge on any atom is -0.464 e. The Balaban J connectivity index is 2.12. The monoisotopic (exact) mass is 213 g/mol. The normalized spacial score (nSPS) is 21.1. The highest BCUT2D eigenvalue weighted by atomic mass is 32.2. The molecule has 0 aliphatic carbocycles. The molecule has 0 aromatic carbocycles. The molecule has 5 nitrogen and oxygen atoms in total. The fourth-order valence-electron chi connectivity index (χ4n) is 1.38. The highest BCUT2D eigenvalue weighted by Crippen LogP contribution is 2.26. The maximum absolute atomic E-state index is 11.1. The lowest BCUT2D eigenvalue weighted by Crippen LogP contribution is -2.08. The summed E-state index contributed by atoms with van der Waals surface area (Å²) in [4.78, 5) is 11.1. The molecule has 76 valence electrons. The molecule has 0 amide bonds. The van der Waals surface area contributed by atoms with E-state index in [1.807, 2.05) is 11.8 Å². The van der Waals surface area contributed by atoms with Crippen molar-refractivity contribution in [3.63, 3.8) is 0 Å². The summed E-state index contributed by atoms with van der Waals surface area (Å²) in [5, 5.41) is 7.68. The van der Waals surface area contributed by atoms with Crippen LogP contribution in [0.2, 0.25) is 0 Å². The van der Waals surface area contributed by atoms with Gasteiger partial charge in [-0.05, 0) is 12.2 Å². The van der Waals surface area contributed by atoms with Crippen molar-refractivity contribution in [2.24, 2.45) is 0 Å². The molecule has 1 aromatic heterocycles. The lowest BCUT2D eigenvalue weighted by Gasteiger charge is -2.05. The maximum Gasteiger partial charge on any atom is 0.360 e. The lowest BCUT2D eigenvalue weighted by molar-refractivity contribution is 0.0594. The summed E-state index contributed by atoms with van der Waals surface area (Å²) in [6.07, 6.45) is 2.75. The molecule has 0 bridgehead atoms. The zero-order chi connectivity index (χ0) is 9.97. The van der Waals surface area contributed by atoms with Crippen molar-refractivity contribution in [3.8, 4) is 0 Å². The SMILES string of the molecule is COC(=O)c1cn([C@@H]2CCSC2)nn1. The fourth-order valence-corrected chi connectivity index (χ4v) is 2.58. The number of methoxy groups -OCH3 is 1. The van der Waals surface area contributed by atoms with Crippen LogP contribution in [0.15, 0.2) is 6.20 Å². The predicted octanol–water partition coefficient (Wildman–Crippen LogP) is 0.743. The van der Waals surface area contributed by atoms with Crippen LogP contribution in [0, 0.1) is 0 Å². The van der Waals surface area contributed by atoms with Gasteiger partial charge in [0.2, 0.25) is 0 Å². The lowest BCUT2D eigenvalue weighted by atomic mass is 10.3. The van der Waals surface area contributed by atoms with Gasteiger partial charge in [-0.1, -0.05) is 5.21 Å². The zero-order valence-electron chi connectivity index (χ0n) is 7.84. The van der Waals surface area contributed by atoms with Gasteiger partial charge in [-0.15, -0.1) is 5.10 Å². The number of esters is 1. The Morgan fingerprint density at radius 1 is 1.79 bits per heavy atom. The van der Waals surface area contributed by atoms with Crippen LogP contribution in [-0.4, -0.2) is 39.6 Å². The number of hydrogen-bond donors (Lipinski definition) is 0. The zero-order valence-corrected chi connectivity index (χ0v) is 8.66. The molecule has 1 aromatic rings. The van der Waals surface area contributed by atoms with Crippen LogP contribution in [-0.2, 0) is 4.74 Å². The third-order valence-electron chi connectivity index (χ3n) is 2.18. The second-order valence-corrected chi connectivity index (χ2v) is 4.24. The van der Waals surface area contributed by atoms with E-state index in [1.54, 1.807) is 10.9 Å². The van der Waals surface area contributed by atoms with E-state index in [2.05, 4.69) is 15.0 Å². The highest BCUT2D eigenvalue weighted by Gasteiger charge is 2.20. The molecule has 0 radical (unpaired) electrons. The topological polar surface area (TPSA) is 57.0 Å². The van der Waals surface area contributed by atoms with E-state index < -0.39 is 5.97 Å². The molecule has 1 saturated heterocycles. The fraction of sp³-hybridized carbons (Fsp3) is 0.625. The van der Waals surface area contributed by atoms with Crippen LogP contribution in [0.1, 0.15) is 23.0 Å². The van der Waals surface area contributed by atoms with Gasteiger partial charge in [-0.25, -0.2) is 9.48 Å². The first-order chi connectivity index (χ1) is 6.81. The molecule has 1 aliphatic rings. The molecule has 0 unspecified atom stereocenters. The van der Waals surface area contributed by atoms with Gasteiger partial charge in [-0.2, -0.15) is 11.8 Å². The van der Waals surface area contributed by atoms with E-state index in [-0.39, 0.29) is 5.69 Å². The van der Waals surface area contributed by atoms with Crippen LogP contribution in [0.3, 0.4) is 0 Å². The highest BCUT2D eigenvalue weighted by molar-refractivity contribution is 7.99. The largest absolute Gasteiger partial charge is 0.464 e. The Hall–Kier alpha value is -1.04. The minimum atomic E-state index is -0.429. The van der Waals surface area contributed by atoms with E-state index in [9.17, 15) is 4.79 Å². The average Bonchev–Trinajstić information content (AvgIpc) is 2.86. The summed E-state index contributed by atoms with van der Waals surface area (Å²) in [6.45, 7) is 0. The summed E-state index contributed by atoms with van der Waals surface area (Å²) >= 11 is 1.90. The number of aromatic nitrogens is 3. The predicted molar refractivity (Wildman–Crippen MR) is 52.3 cm³/mol. The molecule has 0 N–H and O–H groups in total. The van der Waals surface area contributed by atoms with Crippen molar-refractivity contribution in [3.05, 3.63) is 11.9 Å². The van der Waals surface area contributed by atoms with Gasteiger partial charge < -0.3 is 4.74 Å². The van der Waals surface area contributed by atoms with Crippen LogP contribution < -0.4 is 0 Å². The summed E-state index contributed by atoms with van der Waals surface area (Å²) in [5.74, 6) is 1.77. The molecule has 2 heterocycles. The quantitative estimate of drug-likeness (QED) is 0.678. The first-order valence-electron chi connectivity index (χ1n) is 4.39. The van der Waals surface area contributed by atoms with Crippen LogP contribution >= 0.6 is 11.8 Å². The van der Waals surface area contributed by atoms with Crippen LogP contribution in [0.5, 0.6) is 0 Å². The number of hydrogen-bond acceptors (Lipinski definition) is 5. The van der Waals surface area contributed by atoms with Gasteiger partial charge in [0.1, 0.15) is 0 Å². The summed E-state index contributed by atoms with van der Waals surface area (Å²) < 4.78 is 6.31. The number of rotatable bonds is 2. The second-order valence-electron chi connectivity index (χ2n) is 3.09. The number of ether oxygens (including phenoxy) is 1. The second kappa shape index (κ2) is 4.00. The minimum absolute atomic E-state index is 0.282. The van der Waals surface area contributed by atoms with Crippen molar-refractivity contribution in [2.75, 3.05) is 18.6 Å². The van der Waals surface area contributed by atoms with E-state index >= 15 is 0 Å². The van der Waals surface area contributed by atoms with Crippen molar-refractivity contribution in [1.29, 1.82) is 0 Å². The van der Waals surface area contributed by atoms with Gasteiger partial charge in [0.25, 0.3) is 0 Å². The summed E-state index contributed by atoms with van der Waals surface area (Å²) in [6, 6.07) is 0.380. The first kappa shape index (κ1) is 9.51. The number of carbonyl (C=O) groups excluding carboxylic acids is 1. The molecule has 0 saturated carbocycles. The third-order valence-corrected chi connectivity index (χ3v) is 3.33. The molecule has 0 spiro atoms.